The van der Waals surface area contributed by atoms with Crippen molar-refractivity contribution in [3.8, 4) is 5.69 Å². The van der Waals surface area contributed by atoms with Gasteiger partial charge in [-0.25, -0.2) is 9.67 Å². The summed E-state index contributed by atoms with van der Waals surface area (Å²) in [6.07, 6.45) is 3.11. The van der Waals surface area contributed by atoms with Crippen molar-refractivity contribution in [1.82, 2.24) is 25.4 Å². The second-order valence-electron chi connectivity index (χ2n) is 4.74. The zero-order valence-corrected chi connectivity index (χ0v) is 11.9. The number of hydrogen-bond donors (Lipinski definition) is 2. The van der Waals surface area contributed by atoms with Gasteiger partial charge in [0, 0.05) is 18.2 Å². The van der Waals surface area contributed by atoms with Crippen molar-refractivity contribution in [3.05, 3.63) is 42.0 Å². The standard InChI is InChI=1S/C14H19N5O/c1-10-6-12(19-9-16-8-18-19)4-5-13(10)14(20)17-7-11(2)15-3/h4-6,8-9,11,15H,7H2,1-3H3,(H,17,20). The number of amides is 1. The highest BCUT2D eigenvalue weighted by molar-refractivity contribution is 5.95. The molecule has 2 aromatic rings. The first-order valence-electron chi connectivity index (χ1n) is 6.53. The quantitative estimate of drug-likeness (QED) is 0.849. The maximum atomic E-state index is 12.1. The predicted octanol–water partition coefficient (Wildman–Crippen LogP) is 0.913. The van der Waals surface area contributed by atoms with E-state index in [0.29, 0.717) is 12.1 Å². The molecule has 0 bridgehead atoms. The van der Waals surface area contributed by atoms with Crippen molar-refractivity contribution in [2.24, 2.45) is 0 Å². The van der Waals surface area contributed by atoms with Gasteiger partial charge in [-0.1, -0.05) is 0 Å². The van der Waals surface area contributed by atoms with Gasteiger partial charge in [0.05, 0.1) is 5.69 Å². The van der Waals surface area contributed by atoms with Crippen molar-refractivity contribution in [2.45, 2.75) is 19.9 Å². The van der Waals surface area contributed by atoms with Crippen LogP contribution in [0.3, 0.4) is 0 Å². The van der Waals surface area contributed by atoms with Crippen molar-refractivity contribution < 1.29 is 4.79 Å². The van der Waals surface area contributed by atoms with Crippen LogP contribution in [0.25, 0.3) is 5.69 Å². The monoisotopic (exact) mass is 273 g/mol. The largest absolute Gasteiger partial charge is 0.350 e. The van der Waals surface area contributed by atoms with Gasteiger partial charge in [0.1, 0.15) is 12.7 Å². The van der Waals surface area contributed by atoms with Crippen molar-refractivity contribution in [3.63, 3.8) is 0 Å². The van der Waals surface area contributed by atoms with E-state index in [1.54, 1.807) is 11.0 Å². The van der Waals surface area contributed by atoms with Crippen molar-refractivity contribution in [1.29, 1.82) is 0 Å². The van der Waals surface area contributed by atoms with Crippen LogP contribution in [0.1, 0.15) is 22.8 Å². The highest BCUT2D eigenvalue weighted by atomic mass is 16.1. The molecular weight excluding hydrogens is 254 g/mol. The number of aromatic nitrogens is 3. The fourth-order valence-corrected chi connectivity index (χ4v) is 1.83. The Morgan fingerprint density at radius 2 is 2.25 bits per heavy atom. The first-order chi connectivity index (χ1) is 9.61. The van der Waals surface area contributed by atoms with Crippen LogP contribution >= 0.6 is 0 Å². The van der Waals surface area contributed by atoms with Gasteiger partial charge in [0.25, 0.3) is 5.91 Å². The summed E-state index contributed by atoms with van der Waals surface area (Å²) in [5, 5.41) is 10.1. The normalized spacial score (nSPS) is 12.2. The minimum atomic E-state index is -0.0604. The van der Waals surface area contributed by atoms with E-state index >= 15 is 0 Å². The number of nitrogens with one attached hydrogen (secondary N) is 2. The fourth-order valence-electron chi connectivity index (χ4n) is 1.83. The van der Waals surface area contributed by atoms with Gasteiger partial charge in [-0.15, -0.1) is 0 Å². The molecule has 20 heavy (non-hydrogen) atoms. The number of aryl methyl sites for hydroxylation is 1. The second-order valence-corrected chi connectivity index (χ2v) is 4.74. The van der Waals surface area contributed by atoms with E-state index in [4.69, 9.17) is 0 Å². The molecule has 0 aliphatic carbocycles. The Balaban J connectivity index is 2.11. The molecule has 1 aromatic heterocycles. The number of benzene rings is 1. The van der Waals surface area contributed by atoms with Gasteiger partial charge in [0.15, 0.2) is 0 Å². The summed E-state index contributed by atoms with van der Waals surface area (Å²) in [4.78, 5) is 16.0. The lowest BCUT2D eigenvalue weighted by Gasteiger charge is -2.13. The second kappa shape index (κ2) is 6.29. The fraction of sp³-hybridized carbons (Fsp3) is 0.357. The minimum Gasteiger partial charge on any atom is -0.350 e. The molecule has 6 nitrogen and oxygen atoms in total. The maximum Gasteiger partial charge on any atom is 0.251 e. The zero-order chi connectivity index (χ0) is 14.5. The lowest BCUT2D eigenvalue weighted by molar-refractivity contribution is 0.0950. The van der Waals surface area contributed by atoms with Crippen LogP contribution in [0.15, 0.2) is 30.9 Å². The van der Waals surface area contributed by atoms with Crippen molar-refractivity contribution in [2.75, 3.05) is 13.6 Å². The molecule has 2 N–H and O–H groups in total. The Kier molecular flexibility index (Phi) is 4.47. The van der Waals surface area contributed by atoms with E-state index < -0.39 is 0 Å². The third-order valence-electron chi connectivity index (χ3n) is 3.20. The number of rotatable bonds is 5. The van der Waals surface area contributed by atoms with Gasteiger partial charge in [-0.3, -0.25) is 4.79 Å². The van der Waals surface area contributed by atoms with Crippen LogP contribution in [0, 0.1) is 6.92 Å². The SMILES string of the molecule is CNC(C)CNC(=O)c1ccc(-n2cncn2)cc1C. The Hall–Kier alpha value is -2.21. The average molecular weight is 273 g/mol. The Morgan fingerprint density at radius 1 is 1.45 bits per heavy atom. The minimum absolute atomic E-state index is 0.0604. The van der Waals surface area contributed by atoms with E-state index in [0.717, 1.165) is 11.3 Å². The van der Waals surface area contributed by atoms with E-state index in [-0.39, 0.29) is 11.9 Å². The Bertz CT molecular complexity index is 579. The molecule has 1 unspecified atom stereocenters. The molecule has 6 heteroatoms. The molecule has 1 aromatic carbocycles. The molecule has 0 spiro atoms. The lowest BCUT2D eigenvalue weighted by atomic mass is 10.1. The molecule has 106 valence electrons. The Morgan fingerprint density at radius 3 is 2.85 bits per heavy atom. The van der Waals surface area contributed by atoms with Crippen LogP contribution in [-0.2, 0) is 0 Å². The van der Waals surface area contributed by atoms with Crippen molar-refractivity contribution >= 4 is 5.91 Å². The number of nitrogens with zero attached hydrogens (tertiary/aromatic N) is 3. The summed E-state index contributed by atoms with van der Waals surface area (Å²) in [6.45, 7) is 4.53. The summed E-state index contributed by atoms with van der Waals surface area (Å²) in [5.74, 6) is -0.0604. The number of likely N-dealkylation sites (N-methyl/N-ethyl adjacent to an activating group) is 1. The van der Waals surface area contributed by atoms with E-state index in [9.17, 15) is 4.79 Å². The first kappa shape index (κ1) is 14.2. The highest BCUT2D eigenvalue weighted by Gasteiger charge is 2.10. The topological polar surface area (TPSA) is 71.8 Å². The average Bonchev–Trinajstić information content (AvgIpc) is 2.98. The third kappa shape index (κ3) is 3.21. The van der Waals surface area contributed by atoms with E-state index in [2.05, 4.69) is 20.7 Å². The summed E-state index contributed by atoms with van der Waals surface area (Å²) in [5.41, 5.74) is 2.48. The zero-order valence-electron chi connectivity index (χ0n) is 11.9. The number of carbonyl (C=O) groups excluding carboxylic acids is 1. The molecule has 0 fully saturated rings. The molecule has 0 aliphatic rings. The molecule has 0 aliphatic heterocycles. The van der Waals surface area contributed by atoms with Gasteiger partial charge in [-0.05, 0) is 44.7 Å². The van der Waals surface area contributed by atoms with E-state index in [1.807, 2.05) is 39.1 Å². The van der Waals surface area contributed by atoms with Crippen LogP contribution in [0.2, 0.25) is 0 Å². The van der Waals surface area contributed by atoms with Gasteiger partial charge < -0.3 is 10.6 Å². The van der Waals surface area contributed by atoms with Crippen LogP contribution in [0.4, 0.5) is 0 Å². The smallest absolute Gasteiger partial charge is 0.251 e. The van der Waals surface area contributed by atoms with Crippen LogP contribution in [-0.4, -0.2) is 40.3 Å². The maximum absolute atomic E-state index is 12.1. The molecular formula is C14H19N5O. The van der Waals surface area contributed by atoms with Gasteiger partial charge in [-0.2, -0.15) is 5.10 Å². The molecule has 1 amide bonds. The number of carbonyl (C=O) groups is 1. The summed E-state index contributed by atoms with van der Waals surface area (Å²) < 4.78 is 1.66. The predicted molar refractivity (Wildman–Crippen MR) is 77.0 cm³/mol. The summed E-state index contributed by atoms with van der Waals surface area (Å²) in [7, 11) is 1.87. The van der Waals surface area contributed by atoms with Crippen LogP contribution in [0.5, 0.6) is 0 Å². The summed E-state index contributed by atoms with van der Waals surface area (Å²) >= 11 is 0. The molecule has 0 saturated heterocycles. The lowest BCUT2D eigenvalue weighted by Crippen LogP contribution is -2.37. The number of hydrogen-bond acceptors (Lipinski definition) is 4. The molecule has 2 rings (SSSR count). The molecule has 0 saturated carbocycles. The highest BCUT2D eigenvalue weighted by Crippen LogP contribution is 2.13. The molecule has 0 radical (unpaired) electrons. The Labute approximate surface area is 118 Å². The summed E-state index contributed by atoms with van der Waals surface area (Å²) in [6, 6.07) is 5.84. The van der Waals surface area contributed by atoms with Gasteiger partial charge in [0.2, 0.25) is 0 Å². The molecule has 1 heterocycles. The van der Waals surface area contributed by atoms with Gasteiger partial charge >= 0.3 is 0 Å². The van der Waals surface area contributed by atoms with Crippen LogP contribution < -0.4 is 10.6 Å². The molecule has 1 atom stereocenters. The first-order valence-corrected chi connectivity index (χ1v) is 6.53. The third-order valence-corrected chi connectivity index (χ3v) is 3.20. The van der Waals surface area contributed by atoms with E-state index in [1.165, 1.54) is 6.33 Å².